The first-order valence-corrected chi connectivity index (χ1v) is 17.7. The van der Waals surface area contributed by atoms with Crippen molar-refractivity contribution >= 4 is 47.3 Å². The van der Waals surface area contributed by atoms with Crippen LogP contribution in [0.25, 0.3) is 0 Å². The van der Waals surface area contributed by atoms with Gasteiger partial charge < -0.3 is 44.3 Å². The number of nitrogens with one attached hydrogen (secondary N) is 2. The van der Waals surface area contributed by atoms with Gasteiger partial charge in [-0.3, -0.25) is 28.8 Å². The molecule has 0 aliphatic rings. The molecule has 0 saturated heterocycles. The van der Waals surface area contributed by atoms with Gasteiger partial charge in [-0.05, 0) is 51.7 Å². The van der Waals surface area contributed by atoms with E-state index in [0.717, 1.165) is 32.1 Å². The molecule has 0 fully saturated rings. The molecule has 49 heavy (non-hydrogen) atoms. The molecular weight excluding hydrogens is 662 g/mol. The maximum absolute atomic E-state index is 12.5. The minimum atomic E-state index is -0.310. The van der Waals surface area contributed by atoms with Crippen molar-refractivity contribution in [2.45, 2.75) is 70.6 Å². The predicted octanol–water partition coefficient (Wildman–Crippen LogP) is 1.35. The molecule has 0 bridgehead atoms. The van der Waals surface area contributed by atoms with Crippen molar-refractivity contribution < 1.29 is 47.7 Å². The lowest BCUT2D eigenvalue weighted by Gasteiger charge is -2.22. The number of carbonyl (C=O) groups excluding carboxylic acids is 6. The van der Waals surface area contributed by atoms with Crippen LogP contribution in [-0.2, 0) is 47.7 Å². The molecule has 0 unspecified atom stereocenters. The third-order valence-corrected chi connectivity index (χ3v) is 8.07. The molecule has 0 atom stereocenters. The largest absolute Gasteiger partial charge is 0.469 e. The summed E-state index contributed by atoms with van der Waals surface area (Å²) in [5.74, 6) is -0.889. The van der Waals surface area contributed by atoms with Crippen LogP contribution in [0.1, 0.15) is 70.6 Å². The molecule has 2 amide bonds. The summed E-state index contributed by atoms with van der Waals surface area (Å²) in [6.07, 6.45) is 5.33. The lowest BCUT2D eigenvalue weighted by Crippen LogP contribution is -2.35. The van der Waals surface area contributed by atoms with Crippen LogP contribution in [0.3, 0.4) is 0 Å². The van der Waals surface area contributed by atoms with E-state index in [1.807, 2.05) is 9.80 Å². The summed E-state index contributed by atoms with van der Waals surface area (Å²) < 4.78 is 18.8. The average molecular weight is 722 g/mol. The minimum Gasteiger partial charge on any atom is -0.469 e. The summed E-state index contributed by atoms with van der Waals surface area (Å²) in [6.45, 7) is 5.98. The average Bonchev–Trinajstić information content (AvgIpc) is 3.11. The third kappa shape index (κ3) is 27.5. The van der Waals surface area contributed by atoms with Gasteiger partial charge in [0.25, 0.3) is 0 Å². The molecule has 0 heterocycles. The van der Waals surface area contributed by atoms with Crippen LogP contribution in [0.5, 0.6) is 0 Å². The molecule has 0 aliphatic heterocycles. The highest BCUT2D eigenvalue weighted by atomic mass is 35.5. The second-order valence-electron chi connectivity index (χ2n) is 11.5. The number of alkyl halides is 1. The quantitative estimate of drug-likeness (QED) is 0.0455. The third-order valence-electron chi connectivity index (χ3n) is 7.80. The molecular formula is C33H60ClN5O10. The summed E-state index contributed by atoms with van der Waals surface area (Å²) >= 11 is 5.90. The Bertz CT molecular complexity index is 849. The van der Waals surface area contributed by atoms with Crippen molar-refractivity contribution in [3.63, 3.8) is 0 Å². The monoisotopic (exact) mass is 721 g/mol. The number of hydrogen-bond acceptors (Lipinski definition) is 13. The van der Waals surface area contributed by atoms with Crippen molar-refractivity contribution in [1.82, 2.24) is 25.3 Å². The molecule has 0 aromatic carbocycles. The first-order chi connectivity index (χ1) is 23.6. The highest BCUT2D eigenvalue weighted by molar-refractivity contribution is 6.17. The van der Waals surface area contributed by atoms with Gasteiger partial charge in [0.05, 0.1) is 54.1 Å². The SMILES string of the molecule is COC(=O)CCN(CCCCNC(=O)CCN(CCCCl)CCC(=O)NCCCCN(CCC(=O)OC)CCC(=O)OC)CCC(=O)OC. The Kier molecular flexibility index (Phi) is 29.1. The fourth-order valence-corrected chi connectivity index (χ4v) is 4.89. The van der Waals surface area contributed by atoms with Crippen molar-refractivity contribution in [3.8, 4) is 0 Å². The van der Waals surface area contributed by atoms with Gasteiger partial charge in [0.2, 0.25) is 11.8 Å². The van der Waals surface area contributed by atoms with E-state index in [0.29, 0.717) is 90.7 Å². The van der Waals surface area contributed by atoms with E-state index in [2.05, 4.69) is 15.5 Å². The zero-order valence-electron chi connectivity index (χ0n) is 30.1. The number of unbranched alkanes of at least 4 members (excludes halogenated alkanes) is 2. The van der Waals surface area contributed by atoms with Gasteiger partial charge in [-0.15, -0.1) is 11.6 Å². The Morgan fingerprint density at radius 1 is 0.429 bits per heavy atom. The van der Waals surface area contributed by atoms with E-state index in [1.54, 1.807) is 0 Å². The Balaban J connectivity index is 4.42. The number of esters is 4. The number of hydrogen-bond donors (Lipinski definition) is 2. The maximum atomic E-state index is 12.5. The van der Waals surface area contributed by atoms with Gasteiger partial charge in [-0.25, -0.2) is 0 Å². The Morgan fingerprint density at radius 2 is 0.714 bits per heavy atom. The van der Waals surface area contributed by atoms with Crippen molar-refractivity contribution in [2.24, 2.45) is 0 Å². The number of halogens is 1. The first-order valence-electron chi connectivity index (χ1n) is 17.1. The minimum absolute atomic E-state index is 0.0687. The van der Waals surface area contributed by atoms with E-state index in [9.17, 15) is 28.8 Å². The molecule has 0 aromatic heterocycles. The highest BCUT2D eigenvalue weighted by Gasteiger charge is 2.14. The van der Waals surface area contributed by atoms with Crippen LogP contribution < -0.4 is 10.6 Å². The van der Waals surface area contributed by atoms with Gasteiger partial charge in [0.1, 0.15) is 0 Å². The molecule has 0 rings (SSSR count). The summed E-state index contributed by atoms with van der Waals surface area (Å²) in [5.41, 5.74) is 0. The summed E-state index contributed by atoms with van der Waals surface area (Å²) in [6, 6.07) is 0. The van der Waals surface area contributed by atoms with Gasteiger partial charge in [0, 0.05) is 71.1 Å². The van der Waals surface area contributed by atoms with Gasteiger partial charge in [-0.1, -0.05) is 0 Å². The fraction of sp³-hybridized carbons (Fsp3) is 0.818. The summed E-state index contributed by atoms with van der Waals surface area (Å²) in [7, 11) is 5.37. The van der Waals surface area contributed by atoms with E-state index in [-0.39, 0.29) is 61.4 Å². The zero-order valence-corrected chi connectivity index (χ0v) is 30.8. The van der Waals surface area contributed by atoms with Crippen LogP contribution in [0.15, 0.2) is 0 Å². The molecule has 284 valence electrons. The number of ether oxygens (including phenoxy) is 4. The molecule has 0 aromatic rings. The number of amides is 2. The number of nitrogens with zero attached hydrogens (tertiary/aromatic N) is 3. The number of carbonyl (C=O) groups is 6. The molecule has 0 radical (unpaired) electrons. The van der Waals surface area contributed by atoms with Crippen molar-refractivity contribution in [2.75, 3.05) is 106 Å². The lowest BCUT2D eigenvalue weighted by molar-refractivity contribution is -0.142. The van der Waals surface area contributed by atoms with Gasteiger partial charge in [-0.2, -0.15) is 0 Å². The number of methoxy groups -OCH3 is 4. The lowest BCUT2D eigenvalue weighted by atomic mass is 10.2. The number of rotatable bonds is 31. The maximum Gasteiger partial charge on any atom is 0.306 e. The Labute approximate surface area is 297 Å². The van der Waals surface area contributed by atoms with Gasteiger partial charge >= 0.3 is 23.9 Å². The van der Waals surface area contributed by atoms with E-state index in [1.165, 1.54) is 28.4 Å². The fourth-order valence-electron chi connectivity index (χ4n) is 4.77. The van der Waals surface area contributed by atoms with Crippen LogP contribution in [0.4, 0.5) is 0 Å². The van der Waals surface area contributed by atoms with Crippen LogP contribution in [-0.4, -0.2) is 157 Å². The van der Waals surface area contributed by atoms with Crippen LogP contribution in [0.2, 0.25) is 0 Å². The normalized spacial score (nSPS) is 11.0. The molecule has 2 N–H and O–H groups in total. The molecule has 16 heteroatoms. The standard InChI is InChI=1S/C33H60ClN5O10/c1-46-30(42)12-24-37(25-13-31(43)47-2)19-7-5-17-35-28(40)10-22-39(21-9-16-34)23-11-29(41)36-18-6-8-20-38(26-14-32(44)48-3)27-15-33(45)49-4/h5-27H2,1-4H3,(H,35,40)(H,36,41). The van der Waals surface area contributed by atoms with Crippen molar-refractivity contribution in [3.05, 3.63) is 0 Å². The molecule has 15 nitrogen and oxygen atoms in total. The summed E-state index contributed by atoms with van der Waals surface area (Å²) in [4.78, 5) is 77.2. The summed E-state index contributed by atoms with van der Waals surface area (Å²) in [5, 5.41) is 5.89. The topological polar surface area (TPSA) is 173 Å². The molecule has 0 aliphatic carbocycles. The van der Waals surface area contributed by atoms with Crippen LogP contribution in [0, 0.1) is 0 Å². The molecule has 0 spiro atoms. The Hall–Kier alpha value is -3.01. The molecule has 0 saturated carbocycles. The predicted molar refractivity (Wildman–Crippen MR) is 185 cm³/mol. The van der Waals surface area contributed by atoms with Crippen LogP contribution >= 0.6 is 11.6 Å². The second-order valence-corrected chi connectivity index (χ2v) is 11.9. The second kappa shape index (κ2) is 31.0. The van der Waals surface area contributed by atoms with E-state index >= 15 is 0 Å². The van der Waals surface area contributed by atoms with E-state index < -0.39 is 0 Å². The highest BCUT2D eigenvalue weighted by Crippen LogP contribution is 2.04. The Morgan fingerprint density at radius 3 is 1.00 bits per heavy atom. The van der Waals surface area contributed by atoms with E-state index in [4.69, 9.17) is 30.5 Å². The van der Waals surface area contributed by atoms with Crippen molar-refractivity contribution in [1.29, 1.82) is 0 Å². The first kappa shape index (κ1) is 46.0. The smallest absolute Gasteiger partial charge is 0.306 e. The zero-order chi connectivity index (χ0) is 36.7. The van der Waals surface area contributed by atoms with Gasteiger partial charge in [0.15, 0.2) is 0 Å².